The van der Waals surface area contributed by atoms with Crippen LogP contribution in [0, 0.1) is 11.3 Å². The van der Waals surface area contributed by atoms with E-state index >= 15 is 0 Å². The lowest BCUT2D eigenvalue weighted by molar-refractivity contribution is 0.234. The first-order valence-corrected chi connectivity index (χ1v) is 5.92. The van der Waals surface area contributed by atoms with Gasteiger partial charge < -0.3 is 0 Å². The minimum atomic E-state index is 0.442. The maximum Gasteiger partial charge on any atom is 0.0443 e. The van der Waals surface area contributed by atoms with E-state index < -0.39 is 0 Å². The molecule has 1 fully saturated rings. The predicted octanol–water partition coefficient (Wildman–Crippen LogP) is 3.15. The highest BCUT2D eigenvalue weighted by Crippen LogP contribution is 2.33. The van der Waals surface area contributed by atoms with E-state index in [1.54, 1.807) is 0 Å². The maximum atomic E-state index is 5.73. The summed E-state index contributed by atoms with van der Waals surface area (Å²) in [6.07, 6.45) is 1.32. The van der Waals surface area contributed by atoms with E-state index in [-0.39, 0.29) is 0 Å². The summed E-state index contributed by atoms with van der Waals surface area (Å²) < 4.78 is 0. The lowest BCUT2D eigenvalue weighted by Gasteiger charge is -2.27. The first-order valence-electron chi connectivity index (χ1n) is 5.38. The van der Waals surface area contributed by atoms with Crippen molar-refractivity contribution < 1.29 is 0 Å². The van der Waals surface area contributed by atoms with Crippen LogP contribution in [-0.2, 0) is 0 Å². The second-order valence-corrected chi connectivity index (χ2v) is 5.74. The van der Waals surface area contributed by atoms with Crippen molar-refractivity contribution in [1.82, 2.24) is 4.90 Å². The fourth-order valence-corrected chi connectivity index (χ4v) is 2.13. The van der Waals surface area contributed by atoms with Crippen molar-refractivity contribution in [1.29, 1.82) is 0 Å². The van der Waals surface area contributed by atoms with Crippen molar-refractivity contribution in [3.8, 4) is 0 Å². The number of likely N-dealkylation sites (tertiary alicyclic amines) is 1. The lowest BCUT2D eigenvalue weighted by atomic mass is 9.80. The Balaban J connectivity index is 2.38. The van der Waals surface area contributed by atoms with Crippen molar-refractivity contribution >= 4 is 11.6 Å². The fourth-order valence-electron chi connectivity index (χ4n) is 2.04. The molecule has 0 aromatic carbocycles. The molecule has 1 nitrogen and oxygen atoms in total. The maximum absolute atomic E-state index is 5.73. The Labute approximate surface area is 93.1 Å². The van der Waals surface area contributed by atoms with E-state index in [4.69, 9.17) is 11.6 Å². The number of hydrogen-bond acceptors (Lipinski definition) is 1. The number of rotatable bonds is 3. The summed E-state index contributed by atoms with van der Waals surface area (Å²) in [5.41, 5.74) is 1.58. The summed E-state index contributed by atoms with van der Waals surface area (Å²) in [6.45, 7) is 14.3. The Morgan fingerprint density at radius 3 is 2.57 bits per heavy atom. The summed E-state index contributed by atoms with van der Waals surface area (Å²) in [5.74, 6) is 1.42. The monoisotopic (exact) mass is 215 g/mol. The highest BCUT2D eigenvalue weighted by atomic mass is 35.5. The molecular formula is C12H22ClN. The van der Waals surface area contributed by atoms with E-state index in [0.717, 1.165) is 18.0 Å². The van der Waals surface area contributed by atoms with E-state index in [0.29, 0.717) is 11.3 Å². The van der Waals surface area contributed by atoms with E-state index in [9.17, 15) is 0 Å². The molecule has 1 saturated heterocycles. The molecule has 82 valence electrons. The molecule has 1 atom stereocenters. The van der Waals surface area contributed by atoms with Crippen LogP contribution in [0.15, 0.2) is 12.2 Å². The molecule has 1 rings (SSSR count). The Hall–Kier alpha value is -0.0100. The predicted molar refractivity (Wildman–Crippen MR) is 63.9 cm³/mol. The third kappa shape index (κ3) is 3.29. The lowest BCUT2D eigenvalue weighted by Crippen LogP contribution is -2.27. The van der Waals surface area contributed by atoms with Gasteiger partial charge in [-0.25, -0.2) is 0 Å². The molecule has 14 heavy (non-hydrogen) atoms. The number of halogens is 1. The Morgan fingerprint density at radius 2 is 2.14 bits per heavy atom. The highest BCUT2D eigenvalue weighted by molar-refractivity contribution is 6.19. The van der Waals surface area contributed by atoms with Crippen molar-refractivity contribution in [3.05, 3.63) is 12.2 Å². The largest absolute Gasteiger partial charge is 0.299 e. The minimum Gasteiger partial charge on any atom is -0.299 e. The summed E-state index contributed by atoms with van der Waals surface area (Å²) in [4.78, 5) is 2.47. The molecule has 0 radical (unpaired) electrons. The molecule has 0 aromatic rings. The van der Waals surface area contributed by atoms with Gasteiger partial charge in [0.25, 0.3) is 0 Å². The Bertz CT molecular complexity index is 205. The Morgan fingerprint density at radius 1 is 1.50 bits per heavy atom. The highest BCUT2D eigenvalue weighted by Gasteiger charge is 2.31. The average Bonchev–Trinajstić information content (AvgIpc) is 2.51. The zero-order valence-corrected chi connectivity index (χ0v) is 10.4. The minimum absolute atomic E-state index is 0.442. The van der Waals surface area contributed by atoms with Crippen LogP contribution in [-0.4, -0.2) is 30.4 Å². The quantitative estimate of drug-likeness (QED) is 0.517. The third-order valence-electron chi connectivity index (χ3n) is 3.13. The van der Waals surface area contributed by atoms with Gasteiger partial charge >= 0.3 is 0 Å². The molecule has 1 heterocycles. The number of nitrogens with zero attached hydrogens (tertiary/aromatic N) is 1. The van der Waals surface area contributed by atoms with Gasteiger partial charge in [-0.15, -0.1) is 11.6 Å². The van der Waals surface area contributed by atoms with Crippen LogP contribution in [0.2, 0.25) is 0 Å². The average molecular weight is 216 g/mol. The van der Waals surface area contributed by atoms with Crippen LogP contribution in [0.1, 0.15) is 27.2 Å². The first kappa shape index (κ1) is 12.1. The molecule has 1 unspecified atom stereocenters. The van der Waals surface area contributed by atoms with E-state index in [1.807, 2.05) is 0 Å². The standard InChI is InChI=1S/C12H22ClN/c1-10(7-13)8-14-6-5-11(9-14)12(2,3)4/h11H,1,5-9H2,2-4H3. The van der Waals surface area contributed by atoms with E-state index in [1.165, 1.54) is 19.5 Å². The van der Waals surface area contributed by atoms with Gasteiger partial charge in [-0.3, -0.25) is 4.90 Å². The molecule has 0 spiro atoms. The van der Waals surface area contributed by atoms with Crippen molar-refractivity contribution in [2.45, 2.75) is 27.2 Å². The topological polar surface area (TPSA) is 3.24 Å². The molecule has 1 aliphatic heterocycles. The van der Waals surface area contributed by atoms with Gasteiger partial charge in [0.15, 0.2) is 0 Å². The molecule has 0 amide bonds. The van der Waals surface area contributed by atoms with Gasteiger partial charge in [0, 0.05) is 19.0 Å². The van der Waals surface area contributed by atoms with Gasteiger partial charge in [0.05, 0.1) is 0 Å². The zero-order chi connectivity index (χ0) is 10.8. The SMILES string of the molecule is C=C(CCl)CN1CCC(C(C)(C)C)C1. The second-order valence-electron chi connectivity index (χ2n) is 5.47. The molecule has 0 N–H and O–H groups in total. The van der Waals surface area contributed by atoms with Gasteiger partial charge in [-0.1, -0.05) is 27.4 Å². The molecule has 0 bridgehead atoms. The van der Waals surface area contributed by atoms with E-state index in [2.05, 4.69) is 32.3 Å². The van der Waals surface area contributed by atoms with Crippen LogP contribution in [0.25, 0.3) is 0 Å². The molecular weight excluding hydrogens is 194 g/mol. The normalized spacial score (nSPS) is 24.1. The smallest absolute Gasteiger partial charge is 0.0443 e. The molecule has 0 aromatic heterocycles. The van der Waals surface area contributed by atoms with Gasteiger partial charge in [-0.05, 0) is 29.9 Å². The second kappa shape index (κ2) is 4.67. The molecule has 0 aliphatic carbocycles. The van der Waals surface area contributed by atoms with Crippen LogP contribution in [0.5, 0.6) is 0 Å². The number of hydrogen-bond donors (Lipinski definition) is 0. The third-order valence-corrected chi connectivity index (χ3v) is 3.51. The van der Waals surface area contributed by atoms with Crippen LogP contribution in [0.4, 0.5) is 0 Å². The van der Waals surface area contributed by atoms with Crippen molar-refractivity contribution in [3.63, 3.8) is 0 Å². The van der Waals surface area contributed by atoms with Crippen LogP contribution >= 0.6 is 11.6 Å². The van der Waals surface area contributed by atoms with Gasteiger partial charge in [0.2, 0.25) is 0 Å². The molecule has 0 saturated carbocycles. The van der Waals surface area contributed by atoms with Crippen molar-refractivity contribution in [2.75, 3.05) is 25.5 Å². The summed E-state index contributed by atoms with van der Waals surface area (Å²) >= 11 is 5.73. The summed E-state index contributed by atoms with van der Waals surface area (Å²) in [5, 5.41) is 0. The first-order chi connectivity index (χ1) is 6.43. The van der Waals surface area contributed by atoms with Crippen molar-refractivity contribution in [2.24, 2.45) is 11.3 Å². The Kier molecular flexibility index (Phi) is 4.03. The van der Waals surface area contributed by atoms with Crippen LogP contribution < -0.4 is 0 Å². The van der Waals surface area contributed by atoms with Crippen LogP contribution in [0.3, 0.4) is 0 Å². The number of alkyl halides is 1. The summed E-state index contributed by atoms with van der Waals surface area (Å²) in [7, 11) is 0. The summed E-state index contributed by atoms with van der Waals surface area (Å²) in [6, 6.07) is 0. The molecule has 1 aliphatic rings. The van der Waals surface area contributed by atoms with Gasteiger partial charge in [0.1, 0.15) is 0 Å². The molecule has 2 heteroatoms. The zero-order valence-electron chi connectivity index (χ0n) is 9.65. The van der Waals surface area contributed by atoms with Gasteiger partial charge in [-0.2, -0.15) is 0 Å². The fraction of sp³-hybridized carbons (Fsp3) is 0.833.